The molecule has 2 aromatic carbocycles. The molecule has 39 heavy (non-hydrogen) atoms. The van der Waals surface area contributed by atoms with Gasteiger partial charge >= 0.3 is 0 Å². The quantitative estimate of drug-likeness (QED) is 0.292. The van der Waals surface area contributed by atoms with Gasteiger partial charge in [0.2, 0.25) is 5.95 Å². The van der Waals surface area contributed by atoms with Crippen molar-refractivity contribution in [2.75, 3.05) is 25.5 Å². The van der Waals surface area contributed by atoms with Crippen molar-refractivity contribution < 1.29 is 9.53 Å². The number of rotatable bonds is 8. The van der Waals surface area contributed by atoms with Crippen LogP contribution in [0.1, 0.15) is 56.1 Å². The number of likely N-dealkylation sites (tertiary alicyclic amines) is 1. The first-order chi connectivity index (χ1) is 18.7. The van der Waals surface area contributed by atoms with E-state index in [1.165, 1.54) is 18.4 Å². The van der Waals surface area contributed by atoms with Crippen molar-refractivity contribution in [1.82, 2.24) is 24.8 Å². The Kier molecular flexibility index (Phi) is 7.57. The van der Waals surface area contributed by atoms with Crippen LogP contribution in [-0.4, -0.2) is 51.5 Å². The second-order valence-electron chi connectivity index (χ2n) is 11.4. The summed E-state index contributed by atoms with van der Waals surface area (Å²) in [6, 6.07) is 18.2. The maximum absolute atomic E-state index is 12.7. The van der Waals surface area contributed by atoms with Gasteiger partial charge in [-0.25, -0.2) is 4.98 Å². The molecular weight excluding hydrogens is 488 g/mol. The maximum Gasteiger partial charge on any atom is 0.270 e. The Morgan fingerprint density at radius 1 is 1.08 bits per heavy atom. The molecule has 204 valence electrons. The van der Waals surface area contributed by atoms with Gasteiger partial charge < -0.3 is 24.8 Å². The molecule has 1 fully saturated rings. The Morgan fingerprint density at radius 2 is 1.90 bits per heavy atom. The third-order valence-corrected chi connectivity index (χ3v) is 7.47. The van der Waals surface area contributed by atoms with E-state index in [0.29, 0.717) is 29.8 Å². The van der Waals surface area contributed by atoms with Crippen molar-refractivity contribution >= 4 is 28.6 Å². The predicted octanol–water partition coefficient (Wildman–Crippen LogP) is 6.02. The lowest BCUT2D eigenvalue weighted by molar-refractivity contribution is 0.0945. The van der Waals surface area contributed by atoms with E-state index in [4.69, 9.17) is 9.72 Å². The van der Waals surface area contributed by atoms with Crippen molar-refractivity contribution in [3.63, 3.8) is 0 Å². The van der Waals surface area contributed by atoms with E-state index < -0.39 is 0 Å². The number of aryl methyl sites for hydroxylation is 1. The minimum atomic E-state index is -0.187. The number of hydrogen-bond acceptors (Lipinski definition) is 6. The third-order valence-electron chi connectivity index (χ3n) is 7.47. The standard InChI is InChI=1S/C31H38N6O2/c1-31(2,3)21-8-6-9-22(18-21)34-30-35-26-19-24(11-12-28(26)37(30)5)39-25-14-16-32-27(20-25)29(38)33-15-13-23-10-7-17-36(23)4/h6,8-9,11-12,14,16,18-20,23H,7,10,13,15,17H2,1-5H3,(H,33,38)(H,34,35). The van der Waals surface area contributed by atoms with Crippen molar-refractivity contribution in [3.05, 3.63) is 72.1 Å². The minimum absolute atomic E-state index is 0.0657. The number of benzene rings is 2. The van der Waals surface area contributed by atoms with Crippen LogP contribution in [0.3, 0.4) is 0 Å². The molecule has 0 radical (unpaired) electrons. The zero-order valence-corrected chi connectivity index (χ0v) is 23.5. The molecule has 3 heterocycles. The molecule has 0 bridgehead atoms. The number of carbonyl (C=O) groups is 1. The largest absolute Gasteiger partial charge is 0.457 e. The Hall–Kier alpha value is -3.91. The highest BCUT2D eigenvalue weighted by molar-refractivity contribution is 5.92. The molecule has 0 saturated carbocycles. The van der Waals surface area contributed by atoms with Crippen LogP contribution < -0.4 is 15.4 Å². The predicted molar refractivity (Wildman–Crippen MR) is 156 cm³/mol. The van der Waals surface area contributed by atoms with Gasteiger partial charge in [0.15, 0.2) is 0 Å². The third kappa shape index (κ3) is 6.23. The summed E-state index contributed by atoms with van der Waals surface area (Å²) >= 11 is 0. The average molecular weight is 527 g/mol. The fourth-order valence-corrected chi connectivity index (χ4v) is 5.07. The summed E-state index contributed by atoms with van der Waals surface area (Å²) < 4.78 is 8.13. The lowest BCUT2D eigenvalue weighted by Gasteiger charge is -2.20. The van der Waals surface area contributed by atoms with E-state index in [-0.39, 0.29) is 11.3 Å². The molecule has 1 unspecified atom stereocenters. The monoisotopic (exact) mass is 526 g/mol. The van der Waals surface area contributed by atoms with E-state index >= 15 is 0 Å². The summed E-state index contributed by atoms with van der Waals surface area (Å²) in [6.45, 7) is 8.38. The van der Waals surface area contributed by atoms with Crippen molar-refractivity contribution in [1.29, 1.82) is 0 Å². The number of fused-ring (bicyclic) bond motifs is 1. The molecule has 5 rings (SSSR count). The lowest BCUT2D eigenvalue weighted by Crippen LogP contribution is -2.32. The fourth-order valence-electron chi connectivity index (χ4n) is 5.07. The first kappa shape index (κ1) is 26.7. The van der Waals surface area contributed by atoms with E-state index in [0.717, 1.165) is 35.6 Å². The van der Waals surface area contributed by atoms with Gasteiger partial charge in [-0.15, -0.1) is 0 Å². The van der Waals surface area contributed by atoms with Crippen molar-refractivity contribution in [2.45, 2.75) is 51.5 Å². The molecular formula is C31H38N6O2. The van der Waals surface area contributed by atoms with Gasteiger partial charge in [-0.1, -0.05) is 32.9 Å². The van der Waals surface area contributed by atoms with Crippen LogP contribution in [0.25, 0.3) is 11.0 Å². The number of carbonyl (C=O) groups excluding carboxylic acids is 1. The molecule has 8 nitrogen and oxygen atoms in total. The van der Waals surface area contributed by atoms with Gasteiger partial charge in [0.05, 0.1) is 11.0 Å². The highest BCUT2D eigenvalue weighted by Gasteiger charge is 2.21. The van der Waals surface area contributed by atoms with Gasteiger partial charge in [-0.3, -0.25) is 9.78 Å². The number of hydrogen-bond donors (Lipinski definition) is 2. The van der Waals surface area contributed by atoms with Crippen LogP contribution in [0.4, 0.5) is 11.6 Å². The molecule has 1 atom stereocenters. The highest BCUT2D eigenvalue weighted by Crippen LogP contribution is 2.30. The second-order valence-corrected chi connectivity index (χ2v) is 11.4. The van der Waals surface area contributed by atoms with Crippen LogP contribution in [0, 0.1) is 0 Å². The smallest absolute Gasteiger partial charge is 0.270 e. The summed E-state index contributed by atoms with van der Waals surface area (Å²) in [5.41, 5.74) is 4.46. The Balaban J connectivity index is 1.26. The van der Waals surface area contributed by atoms with E-state index in [2.05, 4.69) is 66.5 Å². The molecule has 0 spiro atoms. The molecule has 1 aliphatic rings. The zero-order valence-electron chi connectivity index (χ0n) is 23.5. The van der Waals surface area contributed by atoms with Crippen LogP contribution in [0.15, 0.2) is 60.8 Å². The summed E-state index contributed by atoms with van der Waals surface area (Å²) in [6.07, 6.45) is 4.96. The topological polar surface area (TPSA) is 84.3 Å². The summed E-state index contributed by atoms with van der Waals surface area (Å²) in [4.78, 5) is 24.1. The summed E-state index contributed by atoms with van der Waals surface area (Å²) in [5.74, 6) is 1.76. The number of imidazole rings is 1. The first-order valence-corrected chi connectivity index (χ1v) is 13.6. The van der Waals surface area contributed by atoms with Gasteiger partial charge in [0.25, 0.3) is 5.91 Å². The Bertz CT molecular complexity index is 1470. The number of aromatic nitrogens is 3. The number of ether oxygens (including phenoxy) is 1. The van der Waals surface area contributed by atoms with Gasteiger partial charge in [-0.2, -0.15) is 0 Å². The second kappa shape index (κ2) is 11.1. The lowest BCUT2D eigenvalue weighted by atomic mass is 9.87. The molecule has 8 heteroatoms. The highest BCUT2D eigenvalue weighted by atomic mass is 16.5. The molecule has 2 aromatic heterocycles. The van der Waals surface area contributed by atoms with Gasteiger partial charge in [-0.05, 0) is 74.2 Å². The first-order valence-electron chi connectivity index (χ1n) is 13.6. The zero-order chi connectivity index (χ0) is 27.6. The van der Waals surface area contributed by atoms with Crippen LogP contribution in [-0.2, 0) is 12.5 Å². The van der Waals surface area contributed by atoms with Crippen molar-refractivity contribution in [2.24, 2.45) is 7.05 Å². The van der Waals surface area contributed by atoms with Crippen LogP contribution in [0.2, 0.25) is 0 Å². The summed E-state index contributed by atoms with van der Waals surface area (Å²) in [7, 11) is 4.14. The number of pyridine rings is 1. The molecule has 1 aliphatic heterocycles. The van der Waals surface area contributed by atoms with Crippen LogP contribution >= 0.6 is 0 Å². The Labute approximate surface area is 230 Å². The van der Waals surface area contributed by atoms with E-state index in [9.17, 15) is 4.79 Å². The van der Waals surface area contributed by atoms with Crippen molar-refractivity contribution in [3.8, 4) is 11.5 Å². The molecule has 4 aromatic rings. The average Bonchev–Trinajstić information content (AvgIpc) is 3.45. The van der Waals surface area contributed by atoms with Crippen LogP contribution in [0.5, 0.6) is 11.5 Å². The Morgan fingerprint density at radius 3 is 2.67 bits per heavy atom. The minimum Gasteiger partial charge on any atom is -0.457 e. The number of anilines is 2. The van der Waals surface area contributed by atoms with E-state index in [1.807, 2.05) is 35.9 Å². The summed E-state index contributed by atoms with van der Waals surface area (Å²) in [5, 5.41) is 6.45. The number of nitrogens with one attached hydrogen (secondary N) is 2. The van der Waals surface area contributed by atoms with E-state index in [1.54, 1.807) is 18.3 Å². The SMILES string of the molecule is CN1CCCC1CCNC(=O)c1cc(Oc2ccc3c(c2)nc(Nc2cccc(C(C)(C)C)c2)n3C)ccn1. The number of nitrogens with zero attached hydrogens (tertiary/aromatic N) is 4. The molecule has 1 amide bonds. The van der Waals surface area contributed by atoms with Gasteiger partial charge in [0.1, 0.15) is 17.2 Å². The molecule has 1 saturated heterocycles. The fraction of sp³-hybridized carbons (Fsp3) is 0.387. The molecule has 0 aliphatic carbocycles. The molecule has 2 N–H and O–H groups in total. The normalized spacial score (nSPS) is 16.0. The van der Waals surface area contributed by atoms with Gasteiger partial charge in [0, 0.05) is 43.7 Å². The number of amides is 1. The maximum atomic E-state index is 12.7.